The molecule has 0 spiro atoms. The van der Waals surface area contributed by atoms with Gasteiger partial charge in [-0.15, -0.1) is 28.3 Å². The van der Waals surface area contributed by atoms with Crippen LogP contribution in [0.3, 0.4) is 0 Å². The summed E-state index contributed by atoms with van der Waals surface area (Å²) in [4.78, 5) is 5.65. The van der Waals surface area contributed by atoms with Crippen molar-refractivity contribution in [2.24, 2.45) is 4.99 Å². The van der Waals surface area contributed by atoms with E-state index in [-0.39, 0.29) is 29.4 Å². The molecule has 0 aliphatic heterocycles. The molecule has 1 heterocycles. The van der Waals surface area contributed by atoms with Gasteiger partial charge in [0.2, 0.25) is 0 Å². The smallest absolute Gasteiger partial charge is 0.190 e. The minimum atomic E-state index is -0.253. The van der Waals surface area contributed by atoms with E-state index in [4.69, 9.17) is 10.1 Å². The van der Waals surface area contributed by atoms with Gasteiger partial charge in [0, 0.05) is 18.5 Å². The largest absolute Gasteiger partial charge is 0.396 e. The van der Waals surface area contributed by atoms with Crippen LogP contribution < -0.4 is 4.80 Å². The molecule has 0 atom stereocenters. The molecule has 6 heteroatoms. The molecule has 0 fully saturated rings. The van der Waals surface area contributed by atoms with Gasteiger partial charge in [-0.3, -0.25) is 0 Å². The average Bonchev–Trinajstić information content (AvgIpc) is 3.06. The summed E-state index contributed by atoms with van der Waals surface area (Å²) in [7, 11) is 0. The van der Waals surface area contributed by atoms with E-state index in [2.05, 4.69) is 41.1 Å². The van der Waals surface area contributed by atoms with E-state index in [9.17, 15) is 4.39 Å². The minimum Gasteiger partial charge on any atom is -0.396 e. The van der Waals surface area contributed by atoms with Crippen molar-refractivity contribution in [1.82, 2.24) is 4.57 Å². The van der Waals surface area contributed by atoms with E-state index < -0.39 is 0 Å². The molecule has 1 N–H and O–H groups in total. The summed E-state index contributed by atoms with van der Waals surface area (Å²) in [5.74, 6) is -0.253. The van der Waals surface area contributed by atoms with Crippen molar-refractivity contribution in [3.05, 3.63) is 70.1 Å². The lowest BCUT2D eigenvalue weighted by Gasteiger charge is -2.09. The first kappa shape index (κ1) is 22.5. The molecule has 0 aliphatic rings. The fourth-order valence-corrected chi connectivity index (χ4v) is 3.91. The Morgan fingerprint density at radius 1 is 0.964 bits per heavy atom. The lowest BCUT2D eigenvalue weighted by Crippen LogP contribution is -2.16. The number of aliphatic hydroxyl groups excluding tert-OH is 1. The summed E-state index contributed by atoms with van der Waals surface area (Å²) in [5.41, 5.74) is 4.32. The quantitative estimate of drug-likeness (QED) is 0.406. The summed E-state index contributed by atoms with van der Waals surface area (Å²) in [6.45, 7) is 3.21. The Kier molecular flexibility index (Phi) is 9.09. The zero-order chi connectivity index (χ0) is 19.1. The Bertz CT molecular complexity index is 917. The van der Waals surface area contributed by atoms with E-state index in [0.717, 1.165) is 48.4 Å². The Balaban J connectivity index is 0.00000280. The van der Waals surface area contributed by atoms with Crippen molar-refractivity contribution in [1.29, 1.82) is 0 Å². The molecular formula is C22H26BrFN2OS. The predicted octanol–water partition coefficient (Wildman–Crippen LogP) is 6.03. The maximum atomic E-state index is 13.2. The first-order valence-electron chi connectivity index (χ1n) is 9.34. The van der Waals surface area contributed by atoms with Crippen LogP contribution in [0.5, 0.6) is 0 Å². The lowest BCUT2D eigenvalue weighted by molar-refractivity contribution is 0.282. The van der Waals surface area contributed by atoms with Crippen LogP contribution in [-0.2, 0) is 6.54 Å². The number of rotatable bonds is 8. The van der Waals surface area contributed by atoms with Crippen molar-refractivity contribution >= 4 is 34.0 Å². The second-order valence-corrected chi connectivity index (χ2v) is 7.48. The standard InChI is InChI=1S/C22H25FN2OS.BrH/c1-17-6-8-18(9-7-17)21-16-27-22(24-20-12-10-19(23)11-13-20)25(21)14-4-2-3-5-15-26;/h6-13,16,26H,2-5,14-15H2,1H3;1H. The van der Waals surface area contributed by atoms with Gasteiger partial charge < -0.3 is 9.67 Å². The van der Waals surface area contributed by atoms with Crippen LogP contribution in [0.25, 0.3) is 11.3 Å². The molecule has 0 saturated carbocycles. The van der Waals surface area contributed by atoms with Gasteiger partial charge in [-0.2, -0.15) is 0 Å². The number of unbranched alkanes of at least 4 members (excludes halogenated alkanes) is 3. The molecule has 0 amide bonds. The Hall–Kier alpha value is -1.76. The highest BCUT2D eigenvalue weighted by Crippen LogP contribution is 2.22. The molecular weight excluding hydrogens is 439 g/mol. The summed E-state index contributed by atoms with van der Waals surface area (Å²) < 4.78 is 15.4. The van der Waals surface area contributed by atoms with Crippen LogP contribution in [0.1, 0.15) is 31.2 Å². The van der Waals surface area contributed by atoms with Crippen LogP contribution in [0.2, 0.25) is 0 Å². The van der Waals surface area contributed by atoms with E-state index in [1.165, 1.54) is 23.3 Å². The number of halogens is 2. The number of thiazole rings is 1. The minimum absolute atomic E-state index is 0. The topological polar surface area (TPSA) is 37.5 Å². The van der Waals surface area contributed by atoms with Gasteiger partial charge in [0.25, 0.3) is 0 Å². The fraction of sp³-hybridized carbons (Fsp3) is 0.318. The van der Waals surface area contributed by atoms with Gasteiger partial charge in [0.05, 0.1) is 11.4 Å². The van der Waals surface area contributed by atoms with Crippen molar-refractivity contribution in [3.63, 3.8) is 0 Å². The maximum Gasteiger partial charge on any atom is 0.190 e. The first-order valence-corrected chi connectivity index (χ1v) is 10.2. The van der Waals surface area contributed by atoms with Crippen molar-refractivity contribution in [2.75, 3.05) is 6.61 Å². The average molecular weight is 465 g/mol. The molecule has 2 aromatic carbocycles. The summed E-state index contributed by atoms with van der Waals surface area (Å²) >= 11 is 1.61. The van der Waals surface area contributed by atoms with Crippen LogP contribution in [-0.4, -0.2) is 16.3 Å². The van der Waals surface area contributed by atoms with E-state index in [1.54, 1.807) is 23.5 Å². The van der Waals surface area contributed by atoms with E-state index >= 15 is 0 Å². The molecule has 1 aromatic heterocycles. The third-order valence-corrected chi connectivity index (χ3v) is 5.35. The third-order valence-electron chi connectivity index (χ3n) is 4.49. The zero-order valence-electron chi connectivity index (χ0n) is 16.0. The molecule has 150 valence electrons. The molecule has 0 bridgehead atoms. The number of aliphatic hydroxyl groups is 1. The number of nitrogens with zero attached hydrogens (tertiary/aromatic N) is 2. The van der Waals surface area contributed by atoms with Crippen LogP contribution in [0.15, 0.2) is 58.9 Å². The normalized spacial score (nSPS) is 11.5. The van der Waals surface area contributed by atoms with Gasteiger partial charge in [-0.05, 0) is 49.6 Å². The van der Waals surface area contributed by atoms with Crippen molar-refractivity contribution in [3.8, 4) is 11.3 Å². The molecule has 3 rings (SSSR count). The van der Waals surface area contributed by atoms with Crippen molar-refractivity contribution in [2.45, 2.75) is 39.2 Å². The second-order valence-electron chi connectivity index (χ2n) is 6.65. The van der Waals surface area contributed by atoms with Crippen LogP contribution >= 0.6 is 28.3 Å². The zero-order valence-corrected chi connectivity index (χ0v) is 18.5. The number of benzene rings is 2. The summed E-state index contributed by atoms with van der Waals surface area (Å²) in [5, 5.41) is 11.1. The Morgan fingerprint density at radius 3 is 2.32 bits per heavy atom. The molecule has 0 saturated heterocycles. The van der Waals surface area contributed by atoms with Gasteiger partial charge in [-0.1, -0.05) is 42.7 Å². The highest BCUT2D eigenvalue weighted by atomic mass is 79.9. The van der Waals surface area contributed by atoms with Crippen molar-refractivity contribution < 1.29 is 9.50 Å². The highest BCUT2D eigenvalue weighted by molar-refractivity contribution is 8.93. The van der Waals surface area contributed by atoms with E-state index in [0.29, 0.717) is 0 Å². The number of aromatic nitrogens is 1. The molecule has 28 heavy (non-hydrogen) atoms. The molecule has 0 radical (unpaired) electrons. The Labute approximate surface area is 180 Å². The second kappa shape index (κ2) is 11.3. The fourth-order valence-electron chi connectivity index (χ4n) is 2.95. The number of aryl methyl sites for hydroxylation is 1. The molecule has 3 aromatic rings. The lowest BCUT2D eigenvalue weighted by atomic mass is 10.1. The molecule has 0 unspecified atom stereocenters. The summed E-state index contributed by atoms with van der Waals surface area (Å²) in [6.07, 6.45) is 4.00. The van der Waals surface area contributed by atoms with Gasteiger partial charge >= 0.3 is 0 Å². The molecule has 0 aliphatic carbocycles. The van der Waals surface area contributed by atoms with Gasteiger partial charge in [-0.25, -0.2) is 9.38 Å². The molecule has 3 nitrogen and oxygen atoms in total. The first-order chi connectivity index (χ1) is 13.2. The summed E-state index contributed by atoms with van der Waals surface area (Å²) in [6, 6.07) is 14.8. The number of hydrogen-bond acceptors (Lipinski definition) is 3. The maximum absolute atomic E-state index is 13.2. The highest BCUT2D eigenvalue weighted by Gasteiger charge is 2.08. The van der Waals surface area contributed by atoms with E-state index in [1.807, 2.05) is 0 Å². The van der Waals surface area contributed by atoms with Crippen LogP contribution in [0.4, 0.5) is 10.1 Å². The van der Waals surface area contributed by atoms with Gasteiger partial charge in [0.1, 0.15) is 5.82 Å². The Morgan fingerprint density at radius 2 is 1.64 bits per heavy atom. The van der Waals surface area contributed by atoms with Gasteiger partial charge in [0.15, 0.2) is 4.80 Å². The number of hydrogen-bond donors (Lipinski definition) is 1. The predicted molar refractivity (Wildman–Crippen MR) is 120 cm³/mol. The third kappa shape index (κ3) is 6.12. The van der Waals surface area contributed by atoms with Crippen LogP contribution in [0, 0.1) is 12.7 Å². The monoisotopic (exact) mass is 464 g/mol. The SMILES string of the molecule is Br.Cc1ccc(-c2csc(=Nc3ccc(F)cc3)n2CCCCCCO)cc1.